The summed E-state index contributed by atoms with van der Waals surface area (Å²) < 4.78 is 68.4. The fraction of sp³-hybridized carbons (Fsp3) is 0.378. The molecule has 23 nitrogen and oxygen atoms in total. The average Bonchev–Trinajstić information content (AvgIpc) is 0.784. The number of benzene rings is 8. The number of nitrogens with zero attached hydrogens (tertiary/aromatic N) is 1. The third-order valence-electron chi connectivity index (χ3n) is 17.0. The molecule has 0 saturated heterocycles. The maximum atomic E-state index is 12.8. The molecular weight excluding hydrogens is 1450 g/mol. The van der Waals surface area contributed by atoms with Crippen molar-refractivity contribution in [3.05, 3.63) is 239 Å². The number of phenols is 6. The molecule has 8 N–H and O–H groups in total. The van der Waals surface area contributed by atoms with E-state index in [0.29, 0.717) is 128 Å². The zero-order valence-electron chi connectivity index (χ0n) is 63.8. The first kappa shape index (κ1) is 90.2. The minimum atomic E-state index is -2.83. The first-order valence-corrected chi connectivity index (χ1v) is 42.7. The fourth-order valence-corrected chi connectivity index (χ4v) is 20.4. The summed E-state index contributed by atoms with van der Waals surface area (Å²) in [4.78, 5) is 25.7. The number of nitrogens with one attached hydrogen (secondary N) is 2. The Bertz CT molecular complexity index is 3510. The van der Waals surface area contributed by atoms with Gasteiger partial charge in [0.25, 0.3) is 6.26 Å². The molecule has 8 aromatic carbocycles. The van der Waals surface area contributed by atoms with Crippen LogP contribution in [0.1, 0.15) is 150 Å². The van der Waals surface area contributed by atoms with E-state index in [9.17, 15) is 40.2 Å². The van der Waals surface area contributed by atoms with Crippen molar-refractivity contribution in [1.82, 2.24) is 10.6 Å². The molecule has 0 radical (unpaired) electrons. The Morgan fingerprint density at radius 2 is 0.505 bits per heavy atom. The van der Waals surface area contributed by atoms with Gasteiger partial charge in [-0.25, -0.2) is 9.59 Å². The second kappa shape index (κ2) is 48.2. The number of aromatic hydroxyl groups is 6. The highest BCUT2D eigenvalue weighted by atomic mass is 28.4. The van der Waals surface area contributed by atoms with Gasteiger partial charge in [0.2, 0.25) is 0 Å². The Balaban J connectivity index is 0.000000370. The van der Waals surface area contributed by atoms with Crippen LogP contribution in [0.3, 0.4) is 0 Å². The minimum absolute atomic E-state index is 0. The molecule has 27 heteroatoms. The second-order valence-corrected chi connectivity index (χ2v) is 32.6. The van der Waals surface area contributed by atoms with E-state index >= 15 is 0 Å². The highest BCUT2D eigenvalue weighted by Gasteiger charge is 2.42. The van der Waals surface area contributed by atoms with Crippen molar-refractivity contribution < 1.29 is 99.0 Å². The summed E-state index contributed by atoms with van der Waals surface area (Å²) in [7, 11) is -8.19. The molecule has 2 amide bonds. The molecule has 0 fully saturated rings. The third kappa shape index (κ3) is 29.2. The highest BCUT2D eigenvalue weighted by molar-refractivity contribution is 6.61. The third-order valence-corrected chi connectivity index (χ3v) is 26.5. The van der Waals surface area contributed by atoms with Gasteiger partial charge in [-0.15, -0.1) is 0 Å². The molecular formula is C82H108FN3O20Si3. The number of rotatable bonds is 42. The standard InChI is InChI=1S/C46H64N2O12Si2.C26H22O4.C10H21NO4Si.FH/c1-7-53-61(54-8-2,55-9-3)33-13-31-47-45(51)59-41-27-19-37(20-28-41)43(35-15-23-39(49)24-16-35)44(36-17-25-40(50)26-18-36)38-21-29-42(30-22-38)60-46(52)48-32-14-34-62(56-10-4,57-11-5)58-12-6;27-21-9-1-17(2-10-21)25(18-3-11-22(28)12-4-18)26(19-5-13-23(29)14-6-19)20-7-15-24(30)16-8-20;1-4-13-16(14-5-2,15-6-3)9-7-8-12-10-11;/h15-30,43-44,49-50H,7-14,31-34H2,1-6H3,(H,47,51)(H,48,52);1-16,25-30H;4-9H2,1-3H3;1H. The van der Waals surface area contributed by atoms with E-state index in [0.717, 1.165) is 44.5 Å². The zero-order chi connectivity index (χ0) is 78.2. The monoisotopic (exact) mass is 1560 g/mol. The maximum absolute atomic E-state index is 12.8. The predicted octanol–water partition coefficient (Wildman–Crippen LogP) is 16.7. The lowest BCUT2D eigenvalue weighted by atomic mass is 9.73. The molecule has 0 aromatic heterocycles. The SMILES string of the molecule is CCO[Si](CCCNC(=O)Oc1ccc(C(c2ccc(O)cc2)C(c2ccc(O)cc2)c2ccc(OC(=O)NCCC[Si](OCC)(OCC)OCC)cc2)cc1)(OCC)OCC.CCO[Si](CCCOC#N)(OCC)OCC.F.Oc1ccc(C(c2ccc(O)cc2)C(c2ccc(O)cc2)c2ccc(O)cc2)cc1. The van der Waals surface area contributed by atoms with Crippen LogP contribution in [0, 0.1) is 11.5 Å². The molecule has 0 aliphatic heterocycles. The van der Waals surface area contributed by atoms with Gasteiger partial charge in [-0.1, -0.05) is 97.1 Å². The molecule has 2 unspecified atom stereocenters. The lowest BCUT2D eigenvalue weighted by Crippen LogP contribution is -2.46. The fourth-order valence-electron chi connectivity index (χ4n) is 12.6. The predicted molar refractivity (Wildman–Crippen MR) is 421 cm³/mol. The van der Waals surface area contributed by atoms with E-state index in [1.165, 1.54) is 0 Å². The average molecular weight is 1560 g/mol. The summed E-state index contributed by atoms with van der Waals surface area (Å²) in [5.74, 6) is 0.823. The van der Waals surface area contributed by atoms with E-state index in [4.69, 9.17) is 54.6 Å². The number of amides is 2. The molecule has 2 atom stereocenters. The zero-order valence-corrected chi connectivity index (χ0v) is 66.8. The molecule has 109 heavy (non-hydrogen) atoms. The Hall–Kier alpha value is -9.39. The van der Waals surface area contributed by atoms with Crippen molar-refractivity contribution >= 4 is 38.6 Å². The lowest BCUT2D eigenvalue weighted by molar-refractivity contribution is 0.0688. The summed E-state index contributed by atoms with van der Waals surface area (Å²) in [6.07, 6.45) is 2.36. The number of carbonyl (C=O) groups excluding carboxylic acids is 2. The maximum Gasteiger partial charge on any atom is 0.501 e. The number of hydrogen-bond acceptors (Lipinski definition) is 21. The van der Waals surface area contributed by atoms with Crippen LogP contribution in [0.2, 0.25) is 18.1 Å². The summed E-state index contributed by atoms with van der Waals surface area (Å²) in [5.41, 5.74) is 7.57. The van der Waals surface area contributed by atoms with Crippen LogP contribution < -0.4 is 20.1 Å². The molecule has 0 saturated carbocycles. The number of nitriles is 1. The minimum Gasteiger partial charge on any atom is -0.508 e. The summed E-state index contributed by atoms with van der Waals surface area (Å²) >= 11 is 0. The van der Waals surface area contributed by atoms with Crippen molar-refractivity contribution in [2.45, 2.75) is 123 Å². The van der Waals surface area contributed by atoms with Crippen LogP contribution >= 0.6 is 0 Å². The highest BCUT2D eigenvalue weighted by Crippen LogP contribution is 2.46. The first-order valence-electron chi connectivity index (χ1n) is 36.9. The van der Waals surface area contributed by atoms with Crippen molar-refractivity contribution in [2.24, 2.45) is 0 Å². The van der Waals surface area contributed by atoms with E-state index in [1.807, 2.05) is 159 Å². The van der Waals surface area contributed by atoms with E-state index in [1.54, 1.807) is 103 Å². The van der Waals surface area contributed by atoms with E-state index in [-0.39, 0.29) is 62.9 Å². The van der Waals surface area contributed by atoms with Gasteiger partial charge in [-0.3, -0.25) is 4.70 Å². The molecule has 0 spiro atoms. The van der Waals surface area contributed by atoms with Gasteiger partial charge in [0.1, 0.15) is 52.6 Å². The summed E-state index contributed by atoms with van der Waals surface area (Å²) in [6, 6.07) is 58.9. The molecule has 590 valence electrons. The molecule has 0 bridgehead atoms. The number of ether oxygens (including phenoxy) is 3. The van der Waals surface area contributed by atoms with Gasteiger partial charge < -0.3 is 95.3 Å². The van der Waals surface area contributed by atoms with Crippen molar-refractivity contribution in [3.63, 3.8) is 0 Å². The second-order valence-electron chi connectivity index (χ2n) is 24.4. The van der Waals surface area contributed by atoms with Crippen molar-refractivity contribution in [3.8, 4) is 52.3 Å². The molecule has 0 aliphatic carbocycles. The number of halogens is 1. The molecule has 0 aliphatic rings. The van der Waals surface area contributed by atoms with Crippen LogP contribution in [0.4, 0.5) is 14.3 Å². The normalized spacial score (nSPS) is 11.9. The van der Waals surface area contributed by atoms with Crippen molar-refractivity contribution in [2.75, 3.05) is 79.2 Å². The Morgan fingerprint density at radius 1 is 0.321 bits per heavy atom. The first-order chi connectivity index (χ1) is 52.3. The summed E-state index contributed by atoms with van der Waals surface area (Å²) in [5, 5.41) is 73.5. The smallest absolute Gasteiger partial charge is 0.501 e. The van der Waals surface area contributed by atoms with Crippen molar-refractivity contribution in [1.29, 1.82) is 5.26 Å². The number of carbonyl (C=O) groups is 2. The quantitative estimate of drug-likeness (QED) is 0.0100. The van der Waals surface area contributed by atoms with Gasteiger partial charge in [0, 0.05) is 114 Å². The largest absolute Gasteiger partial charge is 0.508 e. The van der Waals surface area contributed by atoms with Crippen LogP contribution in [-0.4, -0.2) is 148 Å². The number of phenolic OH excluding ortho intramolecular Hbond substituents is 6. The van der Waals surface area contributed by atoms with E-state index < -0.39 is 38.6 Å². The van der Waals surface area contributed by atoms with Crippen LogP contribution in [-0.2, 0) is 44.6 Å². The number of hydrogen-bond donors (Lipinski definition) is 8. The Labute approximate surface area is 643 Å². The van der Waals surface area contributed by atoms with Crippen LogP contribution in [0.5, 0.6) is 46.0 Å². The molecule has 8 aromatic rings. The van der Waals surface area contributed by atoms with Gasteiger partial charge in [-0.2, -0.15) is 5.26 Å². The molecule has 0 heterocycles. The van der Waals surface area contributed by atoms with E-state index in [2.05, 4.69) is 15.4 Å². The van der Waals surface area contributed by atoms with Gasteiger partial charge in [0.15, 0.2) is 0 Å². The Morgan fingerprint density at radius 3 is 0.688 bits per heavy atom. The topological polar surface area (TPSA) is 314 Å². The molecule has 8 rings (SSSR count). The van der Waals surface area contributed by atoms with Gasteiger partial charge in [-0.05, 0) is 223 Å². The van der Waals surface area contributed by atoms with Crippen LogP contribution in [0.25, 0.3) is 0 Å². The van der Waals surface area contributed by atoms with Crippen LogP contribution in [0.15, 0.2) is 194 Å². The lowest BCUT2D eigenvalue weighted by Gasteiger charge is -2.30. The summed E-state index contributed by atoms with van der Waals surface area (Å²) in [6.45, 7) is 22.9. The van der Waals surface area contributed by atoms with Gasteiger partial charge >= 0.3 is 38.6 Å². The van der Waals surface area contributed by atoms with Gasteiger partial charge in [0.05, 0.1) is 0 Å². The Kier molecular flexibility index (Phi) is 39.9.